The standard InChI is InChI=1S/C24H22BrN3O2/c25-20-9-10-22(26-16-20)27-24(30)19-12-14-28(15-13-19)23(29)11-8-18-6-3-5-17-4-1-2-7-21(17)18/h1-11,16,19H,12-15H2,(H,26,27,30). The average Bonchev–Trinajstić information content (AvgIpc) is 2.79. The fourth-order valence-corrected chi connectivity index (χ4v) is 3.94. The number of carbonyl (C=O) groups excluding carboxylic acids is 2. The van der Waals surface area contributed by atoms with Crippen molar-refractivity contribution in [2.75, 3.05) is 18.4 Å². The molecule has 0 radical (unpaired) electrons. The summed E-state index contributed by atoms with van der Waals surface area (Å²) in [4.78, 5) is 31.1. The second-order valence-corrected chi connectivity index (χ2v) is 8.27. The highest BCUT2D eigenvalue weighted by atomic mass is 79.9. The number of nitrogens with one attached hydrogen (secondary N) is 1. The van der Waals surface area contributed by atoms with Gasteiger partial charge in [0.2, 0.25) is 11.8 Å². The third kappa shape index (κ3) is 4.76. The summed E-state index contributed by atoms with van der Waals surface area (Å²) in [7, 11) is 0. The first kappa shape index (κ1) is 20.3. The molecule has 0 aliphatic carbocycles. The monoisotopic (exact) mass is 463 g/mol. The van der Waals surface area contributed by atoms with E-state index in [0.717, 1.165) is 20.8 Å². The van der Waals surface area contributed by atoms with Gasteiger partial charge < -0.3 is 10.2 Å². The van der Waals surface area contributed by atoms with E-state index in [2.05, 4.69) is 44.4 Å². The lowest BCUT2D eigenvalue weighted by atomic mass is 9.95. The van der Waals surface area contributed by atoms with Gasteiger partial charge in [-0.2, -0.15) is 0 Å². The maximum Gasteiger partial charge on any atom is 0.246 e. The smallest absolute Gasteiger partial charge is 0.246 e. The molecule has 1 aromatic heterocycles. The minimum Gasteiger partial charge on any atom is -0.339 e. The van der Waals surface area contributed by atoms with E-state index in [1.54, 1.807) is 18.3 Å². The van der Waals surface area contributed by atoms with Crippen LogP contribution in [-0.4, -0.2) is 34.8 Å². The third-order valence-corrected chi connectivity index (χ3v) is 5.85. The molecule has 6 heteroatoms. The molecule has 3 aromatic rings. The summed E-state index contributed by atoms with van der Waals surface area (Å²) < 4.78 is 0.865. The molecule has 0 unspecified atom stereocenters. The van der Waals surface area contributed by atoms with Crippen LogP contribution in [0.5, 0.6) is 0 Å². The van der Waals surface area contributed by atoms with Crippen molar-refractivity contribution in [1.29, 1.82) is 0 Å². The van der Waals surface area contributed by atoms with Crippen LogP contribution < -0.4 is 5.32 Å². The fraction of sp³-hybridized carbons (Fsp3) is 0.208. The van der Waals surface area contributed by atoms with E-state index in [1.165, 1.54) is 0 Å². The Labute approximate surface area is 183 Å². The van der Waals surface area contributed by atoms with E-state index in [-0.39, 0.29) is 17.7 Å². The van der Waals surface area contributed by atoms with E-state index < -0.39 is 0 Å². The molecule has 0 saturated carbocycles. The number of hydrogen-bond donors (Lipinski definition) is 1. The first-order chi connectivity index (χ1) is 14.6. The van der Waals surface area contributed by atoms with E-state index >= 15 is 0 Å². The molecular weight excluding hydrogens is 442 g/mol. The Balaban J connectivity index is 1.33. The molecule has 1 aliphatic heterocycles. The predicted octanol–water partition coefficient (Wildman–Crippen LogP) is 4.89. The summed E-state index contributed by atoms with van der Waals surface area (Å²) in [5, 5.41) is 5.14. The number of pyridine rings is 1. The lowest BCUT2D eigenvalue weighted by Gasteiger charge is -2.30. The van der Waals surface area contributed by atoms with Gasteiger partial charge in [-0.25, -0.2) is 4.98 Å². The van der Waals surface area contributed by atoms with E-state index in [4.69, 9.17) is 0 Å². The summed E-state index contributed by atoms with van der Waals surface area (Å²) in [6.45, 7) is 1.15. The van der Waals surface area contributed by atoms with Crippen molar-refractivity contribution in [3.05, 3.63) is 76.9 Å². The van der Waals surface area contributed by atoms with E-state index in [0.29, 0.717) is 31.7 Å². The molecule has 0 bridgehead atoms. The third-order valence-electron chi connectivity index (χ3n) is 5.38. The molecule has 2 heterocycles. The van der Waals surface area contributed by atoms with Crippen molar-refractivity contribution in [1.82, 2.24) is 9.88 Å². The summed E-state index contributed by atoms with van der Waals surface area (Å²) in [5.74, 6) is 0.376. The predicted molar refractivity (Wildman–Crippen MR) is 123 cm³/mol. The average molecular weight is 464 g/mol. The molecule has 0 atom stereocenters. The maximum atomic E-state index is 12.6. The number of anilines is 1. The summed E-state index contributed by atoms with van der Waals surface area (Å²) in [6.07, 6.45) is 6.46. The van der Waals surface area contributed by atoms with Crippen molar-refractivity contribution < 1.29 is 9.59 Å². The summed E-state index contributed by atoms with van der Waals surface area (Å²) in [6, 6.07) is 17.8. The molecule has 152 valence electrons. The Hall–Kier alpha value is -2.99. The van der Waals surface area contributed by atoms with Crippen LogP contribution in [0.4, 0.5) is 5.82 Å². The normalized spacial score (nSPS) is 14.9. The molecule has 1 aliphatic rings. The van der Waals surface area contributed by atoms with Crippen LogP contribution in [0.1, 0.15) is 18.4 Å². The molecule has 5 nitrogen and oxygen atoms in total. The molecule has 1 N–H and O–H groups in total. The van der Waals surface area contributed by atoms with Gasteiger partial charge in [-0.15, -0.1) is 0 Å². The number of halogens is 1. The number of hydrogen-bond acceptors (Lipinski definition) is 3. The highest BCUT2D eigenvalue weighted by Crippen LogP contribution is 2.22. The zero-order valence-electron chi connectivity index (χ0n) is 16.4. The SMILES string of the molecule is O=C(Nc1ccc(Br)cn1)C1CCN(C(=O)C=Cc2cccc3ccccc23)CC1. The van der Waals surface area contributed by atoms with Crippen molar-refractivity contribution in [3.8, 4) is 0 Å². The number of piperidine rings is 1. The van der Waals surface area contributed by atoms with Gasteiger partial charge in [0.1, 0.15) is 5.82 Å². The van der Waals surface area contributed by atoms with Gasteiger partial charge >= 0.3 is 0 Å². The summed E-state index contributed by atoms with van der Waals surface area (Å²) in [5.41, 5.74) is 1.03. The van der Waals surface area contributed by atoms with Crippen LogP contribution in [0.2, 0.25) is 0 Å². The number of aromatic nitrogens is 1. The number of nitrogens with zero attached hydrogens (tertiary/aromatic N) is 2. The molecule has 30 heavy (non-hydrogen) atoms. The van der Waals surface area contributed by atoms with Gasteiger partial charge in [0.25, 0.3) is 0 Å². The topological polar surface area (TPSA) is 62.3 Å². The Morgan fingerprint density at radius 1 is 1.03 bits per heavy atom. The van der Waals surface area contributed by atoms with Gasteiger partial charge in [0.15, 0.2) is 0 Å². The first-order valence-corrected chi connectivity index (χ1v) is 10.8. The van der Waals surface area contributed by atoms with Crippen molar-refractivity contribution in [2.45, 2.75) is 12.8 Å². The molecule has 1 fully saturated rings. The molecule has 2 aromatic carbocycles. The largest absolute Gasteiger partial charge is 0.339 e. The number of fused-ring (bicyclic) bond motifs is 1. The number of likely N-dealkylation sites (tertiary alicyclic amines) is 1. The van der Waals surface area contributed by atoms with Crippen molar-refractivity contribution >= 4 is 50.4 Å². The van der Waals surface area contributed by atoms with Gasteiger partial charge in [0, 0.05) is 35.8 Å². The van der Waals surface area contributed by atoms with Crippen LogP contribution in [0, 0.1) is 5.92 Å². The van der Waals surface area contributed by atoms with E-state index in [9.17, 15) is 9.59 Å². The Bertz CT molecular complexity index is 1080. The number of benzene rings is 2. The number of carbonyl (C=O) groups is 2. The van der Waals surface area contributed by atoms with Crippen LogP contribution in [0.3, 0.4) is 0 Å². The maximum absolute atomic E-state index is 12.6. The minimum atomic E-state index is -0.110. The second-order valence-electron chi connectivity index (χ2n) is 7.35. The zero-order valence-corrected chi connectivity index (χ0v) is 18.0. The number of amides is 2. The lowest BCUT2D eigenvalue weighted by molar-refractivity contribution is -0.130. The Morgan fingerprint density at radius 3 is 2.57 bits per heavy atom. The second kappa shape index (κ2) is 9.22. The Morgan fingerprint density at radius 2 is 1.80 bits per heavy atom. The quantitative estimate of drug-likeness (QED) is 0.560. The van der Waals surface area contributed by atoms with Crippen LogP contribution in [0.15, 0.2) is 71.3 Å². The highest BCUT2D eigenvalue weighted by Gasteiger charge is 2.26. The van der Waals surface area contributed by atoms with Crippen LogP contribution in [0.25, 0.3) is 16.8 Å². The van der Waals surface area contributed by atoms with Gasteiger partial charge in [0.05, 0.1) is 0 Å². The molecule has 4 rings (SSSR count). The van der Waals surface area contributed by atoms with Crippen molar-refractivity contribution in [3.63, 3.8) is 0 Å². The van der Waals surface area contributed by atoms with Gasteiger partial charge in [-0.05, 0) is 63.3 Å². The van der Waals surface area contributed by atoms with Crippen LogP contribution in [-0.2, 0) is 9.59 Å². The highest BCUT2D eigenvalue weighted by molar-refractivity contribution is 9.10. The van der Waals surface area contributed by atoms with Crippen LogP contribution >= 0.6 is 15.9 Å². The van der Waals surface area contributed by atoms with Crippen molar-refractivity contribution in [2.24, 2.45) is 5.92 Å². The van der Waals surface area contributed by atoms with E-state index in [1.807, 2.05) is 41.3 Å². The van der Waals surface area contributed by atoms with Gasteiger partial charge in [-0.3, -0.25) is 9.59 Å². The Kier molecular flexibility index (Phi) is 6.23. The number of rotatable bonds is 4. The molecular formula is C24H22BrN3O2. The minimum absolute atomic E-state index is 0.0173. The first-order valence-electron chi connectivity index (χ1n) is 9.97. The fourth-order valence-electron chi connectivity index (χ4n) is 3.70. The summed E-state index contributed by atoms with van der Waals surface area (Å²) >= 11 is 3.33. The van der Waals surface area contributed by atoms with Gasteiger partial charge in [-0.1, -0.05) is 42.5 Å². The lowest BCUT2D eigenvalue weighted by Crippen LogP contribution is -2.40. The zero-order chi connectivity index (χ0) is 20.9. The molecule has 1 saturated heterocycles. The molecule has 0 spiro atoms. The molecule has 2 amide bonds.